The standard InChI is InChI=1S/C18H5Cl7F3N/c19-9-3-1-6(12(21)15(9)24)8-5-11(18(26,27)28)29-17(14(8)23)7-2-4-10(20)16(25)13(7)22/h1-5H. The average molecular weight is 540 g/mol. The van der Waals surface area contributed by atoms with Crippen LogP contribution in [0, 0.1) is 0 Å². The van der Waals surface area contributed by atoms with Crippen LogP contribution in [0.2, 0.25) is 35.2 Å². The monoisotopic (exact) mass is 537 g/mol. The van der Waals surface area contributed by atoms with Crippen LogP contribution in [0.4, 0.5) is 13.2 Å². The lowest BCUT2D eigenvalue weighted by Crippen LogP contribution is -2.09. The van der Waals surface area contributed by atoms with Gasteiger partial charge in [0.05, 0.1) is 40.9 Å². The van der Waals surface area contributed by atoms with E-state index in [-0.39, 0.29) is 57.5 Å². The van der Waals surface area contributed by atoms with Gasteiger partial charge in [0.2, 0.25) is 0 Å². The zero-order chi connectivity index (χ0) is 21.7. The van der Waals surface area contributed by atoms with E-state index in [1.54, 1.807) is 0 Å². The summed E-state index contributed by atoms with van der Waals surface area (Å²) in [5.41, 5.74) is -1.32. The van der Waals surface area contributed by atoms with Crippen molar-refractivity contribution in [3.8, 4) is 22.4 Å². The molecule has 0 bridgehead atoms. The van der Waals surface area contributed by atoms with Crippen molar-refractivity contribution >= 4 is 81.2 Å². The summed E-state index contributed by atoms with van der Waals surface area (Å²) in [5, 5.41) is -0.119. The first-order valence-electron chi connectivity index (χ1n) is 7.49. The van der Waals surface area contributed by atoms with Crippen LogP contribution in [0.3, 0.4) is 0 Å². The molecule has 0 saturated heterocycles. The zero-order valence-corrected chi connectivity index (χ0v) is 18.9. The van der Waals surface area contributed by atoms with Crippen molar-refractivity contribution in [2.75, 3.05) is 0 Å². The Labute approximate surface area is 198 Å². The summed E-state index contributed by atoms with van der Waals surface area (Å²) in [7, 11) is 0. The Bertz CT molecular complexity index is 1050. The van der Waals surface area contributed by atoms with E-state index in [9.17, 15) is 13.2 Å². The number of nitrogens with zero attached hydrogens (tertiary/aromatic N) is 1. The Kier molecular flexibility index (Phi) is 6.77. The van der Waals surface area contributed by atoms with Crippen LogP contribution in [0.15, 0.2) is 30.3 Å². The predicted octanol–water partition coefficient (Wildman–Crippen LogP) is 10.0. The van der Waals surface area contributed by atoms with Gasteiger partial charge in [-0.3, -0.25) is 0 Å². The topological polar surface area (TPSA) is 12.9 Å². The van der Waals surface area contributed by atoms with E-state index in [2.05, 4.69) is 4.98 Å². The SMILES string of the molecule is FC(F)(F)c1cc(-c2ccc(Cl)c(Cl)c2Cl)c(Cl)c(-c2ccc(Cl)c(Cl)c2Cl)n1. The van der Waals surface area contributed by atoms with E-state index in [0.717, 1.165) is 6.07 Å². The van der Waals surface area contributed by atoms with Gasteiger partial charge >= 0.3 is 6.18 Å². The molecule has 3 rings (SSSR count). The van der Waals surface area contributed by atoms with Gasteiger partial charge < -0.3 is 0 Å². The summed E-state index contributed by atoms with van der Waals surface area (Å²) in [6, 6.07) is 6.29. The van der Waals surface area contributed by atoms with Gasteiger partial charge in [-0.25, -0.2) is 4.98 Å². The summed E-state index contributed by atoms with van der Waals surface area (Å²) < 4.78 is 40.6. The lowest BCUT2D eigenvalue weighted by atomic mass is 10.0. The maximum Gasteiger partial charge on any atom is 0.433 e. The fourth-order valence-electron chi connectivity index (χ4n) is 2.49. The number of pyridine rings is 1. The molecular formula is C18H5Cl7F3N. The second-order valence-corrected chi connectivity index (χ2v) is 8.37. The molecule has 29 heavy (non-hydrogen) atoms. The van der Waals surface area contributed by atoms with Gasteiger partial charge in [0.25, 0.3) is 0 Å². The Balaban J connectivity index is 2.40. The molecule has 0 aliphatic rings. The van der Waals surface area contributed by atoms with E-state index < -0.39 is 11.9 Å². The lowest BCUT2D eigenvalue weighted by Gasteiger charge is -2.17. The molecule has 0 spiro atoms. The van der Waals surface area contributed by atoms with Crippen molar-refractivity contribution < 1.29 is 13.2 Å². The first-order valence-corrected chi connectivity index (χ1v) is 10.1. The molecule has 2 aromatic carbocycles. The first-order chi connectivity index (χ1) is 13.4. The molecule has 1 heterocycles. The molecular weight excluding hydrogens is 535 g/mol. The second-order valence-electron chi connectivity index (χ2n) is 5.66. The fourth-order valence-corrected chi connectivity index (χ4v) is 4.05. The molecule has 11 heteroatoms. The smallest absolute Gasteiger partial charge is 0.242 e. The van der Waals surface area contributed by atoms with Gasteiger partial charge in [0.1, 0.15) is 5.69 Å². The van der Waals surface area contributed by atoms with Gasteiger partial charge in [-0.1, -0.05) is 87.3 Å². The minimum atomic E-state index is -4.78. The van der Waals surface area contributed by atoms with Crippen LogP contribution in [-0.2, 0) is 6.18 Å². The minimum absolute atomic E-state index is 0.0265. The van der Waals surface area contributed by atoms with Crippen molar-refractivity contribution in [3.63, 3.8) is 0 Å². The number of halogens is 10. The highest BCUT2D eigenvalue weighted by molar-refractivity contribution is 6.50. The molecule has 0 N–H and O–H groups in total. The predicted molar refractivity (Wildman–Crippen MR) is 115 cm³/mol. The normalized spacial score (nSPS) is 11.8. The summed E-state index contributed by atoms with van der Waals surface area (Å²) in [4.78, 5) is 3.66. The van der Waals surface area contributed by atoms with E-state index in [1.807, 2.05) is 0 Å². The molecule has 3 aromatic rings. The summed E-state index contributed by atoms with van der Waals surface area (Å²) >= 11 is 42.7. The molecule has 0 aliphatic carbocycles. The third-order valence-corrected chi connectivity index (χ3v) is 6.83. The molecule has 0 fully saturated rings. The van der Waals surface area contributed by atoms with Crippen LogP contribution in [-0.4, -0.2) is 4.98 Å². The summed E-state index contributed by atoms with van der Waals surface area (Å²) in [6.45, 7) is 0. The maximum atomic E-state index is 13.5. The molecule has 0 unspecified atom stereocenters. The molecule has 0 radical (unpaired) electrons. The molecule has 1 nitrogen and oxygen atoms in total. The van der Waals surface area contributed by atoms with Crippen molar-refractivity contribution in [1.29, 1.82) is 0 Å². The maximum absolute atomic E-state index is 13.5. The van der Waals surface area contributed by atoms with Crippen LogP contribution >= 0.6 is 81.2 Å². The lowest BCUT2D eigenvalue weighted by molar-refractivity contribution is -0.141. The highest BCUT2D eigenvalue weighted by Gasteiger charge is 2.35. The van der Waals surface area contributed by atoms with E-state index in [4.69, 9.17) is 81.2 Å². The molecule has 0 atom stereocenters. The highest BCUT2D eigenvalue weighted by atomic mass is 35.5. The third kappa shape index (κ3) is 4.40. The van der Waals surface area contributed by atoms with E-state index in [1.165, 1.54) is 24.3 Å². The van der Waals surface area contributed by atoms with Crippen molar-refractivity contribution in [1.82, 2.24) is 4.98 Å². The fraction of sp³-hybridized carbons (Fsp3) is 0.0556. The van der Waals surface area contributed by atoms with Gasteiger partial charge in [-0.15, -0.1) is 0 Å². The highest BCUT2D eigenvalue weighted by Crippen LogP contribution is 2.47. The van der Waals surface area contributed by atoms with Crippen molar-refractivity contribution in [3.05, 3.63) is 71.2 Å². The number of hydrogen-bond donors (Lipinski definition) is 0. The average Bonchev–Trinajstić information content (AvgIpc) is 2.65. The third-order valence-electron chi connectivity index (χ3n) is 3.86. The molecule has 152 valence electrons. The van der Waals surface area contributed by atoms with Gasteiger partial charge in [0.15, 0.2) is 0 Å². The van der Waals surface area contributed by atoms with Crippen LogP contribution in [0.25, 0.3) is 22.4 Å². The number of benzene rings is 2. The minimum Gasteiger partial charge on any atom is -0.242 e. The largest absolute Gasteiger partial charge is 0.433 e. The molecule has 0 amide bonds. The zero-order valence-electron chi connectivity index (χ0n) is 13.6. The van der Waals surface area contributed by atoms with Gasteiger partial charge in [-0.2, -0.15) is 13.2 Å². The number of alkyl halides is 3. The Morgan fingerprint density at radius 3 is 1.59 bits per heavy atom. The first kappa shape index (κ1) is 23.1. The van der Waals surface area contributed by atoms with Crippen LogP contribution < -0.4 is 0 Å². The molecule has 0 saturated carbocycles. The van der Waals surface area contributed by atoms with Crippen LogP contribution in [0.5, 0.6) is 0 Å². The van der Waals surface area contributed by atoms with Crippen molar-refractivity contribution in [2.24, 2.45) is 0 Å². The number of hydrogen-bond acceptors (Lipinski definition) is 1. The Morgan fingerprint density at radius 2 is 1.07 bits per heavy atom. The summed E-state index contributed by atoms with van der Waals surface area (Å²) in [6.07, 6.45) is -4.78. The Morgan fingerprint density at radius 1 is 0.586 bits per heavy atom. The second kappa shape index (κ2) is 8.51. The number of rotatable bonds is 2. The van der Waals surface area contributed by atoms with E-state index in [0.29, 0.717) is 0 Å². The van der Waals surface area contributed by atoms with Crippen molar-refractivity contribution in [2.45, 2.75) is 6.18 Å². The Hall–Kier alpha value is -0.590. The van der Waals surface area contributed by atoms with Gasteiger partial charge in [-0.05, 0) is 24.3 Å². The van der Waals surface area contributed by atoms with Crippen LogP contribution in [0.1, 0.15) is 5.69 Å². The summed E-state index contributed by atoms with van der Waals surface area (Å²) in [5.74, 6) is 0. The molecule has 0 aliphatic heterocycles. The van der Waals surface area contributed by atoms with E-state index >= 15 is 0 Å². The quantitative estimate of drug-likeness (QED) is 0.295. The number of aromatic nitrogens is 1. The van der Waals surface area contributed by atoms with Gasteiger partial charge in [0, 0.05) is 16.7 Å². The molecule has 1 aromatic heterocycles.